The Kier molecular flexibility index (Phi) is 5.10. The minimum Gasteiger partial charge on any atom is -0.305 e. The molecule has 0 fully saturated rings. The van der Waals surface area contributed by atoms with Gasteiger partial charge in [0.05, 0.1) is 23.4 Å². The molecular formula is C14H22N4S. The standard InChI is InChI=1S/C14H22N4S/c1-4-6-15-13(14-11(3)16-10-19-14)12-8-17-18(9-12)7-5-2/h8-10,13,15H,4-7H2,1-3H3. The molecule has 0 saturated heterocycles. The molecule has 0 amide bonds. The maximum atomic E-state index is 4.44. The van der Waals surface area contributed by atoms with Gasteiger partial charge in [-0.2, -0.15) is 5.10 Å². The van der Waals surface area contributed by atoms with Crippen LogP contribution in [0.15, 0.2) is 17.9 Å². The fourth-order valence-corrected chi connectivity index (χ4v) is 3.02. The van der Waals surface area contributed by atoms with Gasteiger partial charge < -0.3 is 5.32 Å². The number of aromatic nitrogens is 3. The van der Waals surface area contributed by atoms with Crippen molar-refractivity contribution in [1.82, 2.24) is 20.1 Å². The van der Waals surface area contributed by atoms with Gasteiger partial charge in [-0.15, -0.1) is 11.3 Å². The molecule has 4 nitrogen and oxygen atoms in total. The first-order valence-electron chi connectivity index (χ1n) is 6.92. The summed E-state index contributed by atoms with van der Waals surface area (Å²) in [7, 11) is 0. The van der Waals surface area contributed by atoms with Gasteiger partial charge in [0.15, 0.2) is 0 Å². The third-order valence-corrected chi connectivity index (χ3v) is 4.08. The van der Waals surface area contributed by atoms with E-state index in [1.807, 2.05) is 16.4 Å². The zero-order valence-corrected chi connectivity index (χ0v) is 12.7. The van der Waals surface area contributed by atoms with Crippen LogP contribution in [0, 0.1) is 6.92 Å². The first-order valence-corrected chi connectivity index (χ1v) is 7.80. The van der Waals surface area contributed by atoms with Crippen molar-refractivity contribution < 1.29 is 0 Å². The highest BCUT2D eigenvalue weighted by molar-refractivity contribution is 7.09. The number of hydrogen-bond acceptors (Lipinski definition) is 4. The second kappa shape index (κ2) is 6.82. The molecule has 0 aliphatic rings. The lowest BCUT2D eigenvalue weighted by Gasteiger charge is -2.16. The molecule has 2 aromatic heterocycles. The van der Waals surface area contributed by atoms with Crippen LogP contribution in [0.4, 0.5) is 0 Å². The van der Waals surface area contributed by atoms with Crippen molar-refractivity contribution in [2.75, 3.05) is 6.54 Å². The molecule has 1 unspecified atom stereocenters. The fraction of sp³-hybridized carbons (Fsp3) is 0.571. The topological polar surface area (TPSA) is 42.7 Å². The number of hydrogen-bond donors (Lipinski definition) is 1. The lowest BCUT2D eigenvalue weighted by molar-refractivity contribution is 0.590. The van der Waals surface area contributed by atoms with Gasteiger partial charge in [-0.1, -0.05) is 13.8 Å². The zero-order valence-electron chi connectivity index (χ0n) is 11.9. The number of nitrogens with zero attached hydrogens (tertiary/aromatic N) is 3. The number of thiazole rings is 1. The molecule has 0 saturated carbocycles. The lowest BCUT2D eigenvalue weighted by atomic mass is 10.1. The van der Waals surface area contributed by atoms with E-state index in [1.54, 1.807) is 11.3 Å². The molecule has 1 N–H and O–H groups in total. The molecule has 2 rings (SSSR count). The maximum Gasteiger partial charge on any atom is 0.0798 e. The molecule has 104 valence electrons. The van der Waals surface area contributed by atoms with Crippen LogP contribution in [0.5, 0.6) is 0 Å². The molecule has 0 radical (unpaired) electrons. The highest BCUT2D eigenvalue weighted by Crippen LogP contribution is 2.27. The van der Waals surface area contributed by atoms with Gasteiger partial charge in [0.1, 0.15) is 0 Å². The summed E-state index contributed by atoms with van der Waals surface area (Å²) in [6, 6.07) is 0.220. The molecule has 0 bridgehead atoms. The first-order chi connectivity index (χ1) is 9.26. The van der Waals surface area contributed by atoms with E-state index in [0.717, 1.165) is 31.6 Å². The summed E-state index contributed by atoms with van der Waals surface area (Å²) in [5.74, 6) is 0. The van der Waals surface area contributed by atoms with Crippen molar-refractivity contribution in [3.8, 4) is 0 Å². The molecule has 0 aliphatic carbocycles. The number of nitrogens with one attached hydrogen (secondary N) is 1. The summed E-state index contributed by atoms with van der Waals surface area (Å²) >= 11 is 1.71. The molecule has 19 heavy (non-hydrogen) atoms. The van der Waals surface area contributed by atoms with Crippen molar-refractivity contribution in [3.05, 3.63) is 34.0 Å². The van der Waals surface area contributed by atoms with E-state index in [0.29, 0.717) is 0 Å². The van der Waals surface area contributed by atoms with Gasteiger partial charge in [-0.3, -0.25) is 4.68 Å². The van der Waals surface area contributed by atoms with Crippen molar-refractivity contribution in [2.24, 2.45) is 0 Å². The zero-order chi connectivity index (χ0) is 13.7. The highest BCUT2D eigenvalue weighted by atomic mass is 32.1. The average molecular weight is 278 g/mol. The van der Waals surface area contributed by atoms with Crippen LogP contribution in [0.2, 0.25) is 0 Å². The Bertz CT molecular complexity index is 503. The van der Waals surface area contributed by atoms with Gasteiger partial charge >= 0.3 is 0 Å². The second-order valence-corrected chi connectivity index (χ2v) is 5.61. The summed E-state index contributed by atoms with van der Waals surface area (Å²) in [4.78, 5) is 5.66. The quantitative estimate of drug-likeness (QED) is 0.846. The van der Waals surface area contributed by atoms with Crippen molar-refractivity contribution in [2.45, 2.75) is 46.2 Å². The highest BCUT2D eigenvalue weighted by Gasteiger charge is 2.19. The smallest absolute Gasteiger partial charge is 0.0798 e. The second-order valence-electron chi connectivity index (χ2n) is 4.73. The minimum atomic E-state index is 0.220. The summed E-state index contributed by atoms with van der Waals surface area (Å²) in [5, 5.41) is 8.04. The van der Waals surface area contributed by atoms with Gasteiger partial charge in [0.2, 0.25) is 0 Å². The van der Waals surface area contributed by atoms with Crippen LogP contribution in [-0.4, -0.2) is 21.3 Å². The number of rotatable bonds is 7. The first kappa shape index (κ1) is 14.2. The Morgan fingerprint density at radius 2 is 2.21 bits per heavy atom. The van der Waals surface area contributed by atoms with Gasteiger partial charge in [0.25, 0.3) is 0 Å². The molecule has 5 heteroatoms. The monoisotopic (exact) mass is 278 g/mol. The molecule has 2 aromatic rings. The Hall–Kier alpha value is -1.20. The largest absolute Gasteiger partial charge is 0.305 e. The Morgan fingerprint density at radius 1 is 1.37 bits per heavy atom. The third kappa shape index (κ3) is 3.42. The van der Waals surface area contributed by atoms with E-state index in [9.17, 15) is 0 Å². The van der Waals surface area contributed by atoms with Crippen molar-refractivity contribution >= 4 is 11.3 Å². The minimum absolute atomic E-state index is 0.220. The van der Waals surface area contributed by atoms with E-state index >= 15 is 0 Å². The average Bonchev–Trinajstić information content (AvgIpc) is 3.01. The van der Waals surface area contributed by atoms with Crippen LogP contribution < -0.4 is 5.32 Å². The van der Waals surface area contributed by atoms with E-state index in [1.165, 1.54) is 10.4 Å². The molecule has 1 atom stereocenters. The van der Waals surface area contributed by atoms with Crippen molar-refractivity contribution in [1.29, 1.82) is 0 Å². The molecule has 0 spiro atoms. The van der Waals surface area contributed by atoms with E-state index in [2.05, 4.69) is 42.4 Å². The summed E-state index contributed by atoms with van der Waals surface area (Å²) in [6.07, 6.45) is 6.35. The molecule has 2 heterocycles. The molecule has 0 aliphatic heterocycles. The normalized spacial score (nSPS) is 12.8. The predicted molar refractivity (Wildman–Crippen MR) is 79.5 cm³/mol. The third-order valence-electron chi connectivity index (χ3n) is 3.08. The fourth-order valence-electron chi connectivity index (χ4n) is 2.12. The summed E-state index contributed by atoms with van der Waals surface area (Å²) in [6.45, 7) is 8.40. The Balaban J connectivity index is 2.23. The maximum absolute atomic E-state index is 4.44. The van der Waals surface area contributed by atoms with Crippen LogP contribution >= 0.6 is 11.3 Å². The van der Waals surface area contributed by atoms with Crippen molar-refractivity contribution in [3.63, 3.8) is 0 Å². The van der Waals surface area contributed by atoms with Gasteiger partial charge in [-0.05, 0) is 26.3 Å². The Morgan fingerprint density at radius 3 is 2.84 bits per heavy atom. The van der Waals surface area contributed by atoms with Crippen LogP contribution in [0.3, 0.4) is 0 Å². The van der Waals surface area contributed by atoms with E-state index in [4.69, 9.17) is 0 Å². The van der Waals surface area contributed by atoms with Crippen LogP contribution in [-0.2, 0) is 6.54 Å². The van der Waals surface area contributed by atoms with E-state index in [-0.39, 0.29) is 6.04 Å². The van der Waals surface area contributed by atoms with Gasteiger partial charge in [-0.25, -0.2) is 4.98 Å². The Labute approximate surface area is 118 Å². The van der Waals surface area contributed by atoms with E-state index < -0.39 is 0 Å². The lowest BCUT2D eigenvalue weighted by Crippen LogP contribution is -2.22. The predicted octanol–water partition coefficient (Wildman–Crippen LogP) is 3.15. The molecular weight excluding hydrogens is 256 g/mol. The molecule has 0 aromatic carbocycles. The number of aryl methyl sites for hydroxylation is 2. The van der Waals surface area contributed by atoms with Crippen LogP contribution in [0.1, 0.15) is 48.9 Å². The summed E-state index contributed by atoms with van der Waals surface area (Å²) < 4.78 is 2.02. The summed E-state index contributed by atoms with van der Waals surface area (Å²) in [5.41, 5.74) is 4.26. The SMILES string of the molecule is CCCNC(c1cnn(CCC)c1)c1scnc1C. The van der Waals surface area contributed by atoms with Crippen LogP contribution in [0.25, 0.3) is 0 Å². The van der Waals surface area contributed by atoms with Gasteiger partial charge in [0, 0.05) is 23.2 Å².